The van der Waals surface area contributed by atoms with Crippen LogP contribution in [0, 0.1) is 0 Å². The molecule has 3 nitrogen and oxygen atoms in total. The Morgan fingerprint density at radius 2 is 2.00 bits per heavy atom. The molecule has 0 saturated heterocycles. The largest absolute Gasteiger partial charge is 0.421 e. The van der Waals surface area contributed by atoms with Gasteiger partial charge < -0.3 is 10.1 Å². The van der Waals surface area contributed by atoms with Crippen molar-refractivity contribution in [2.45, 2.75) is 0 Å². The number of halogens is 2. The van der Waals surface area contributed by atoms with E-state index < -0.39 is 5.97 Å². The van der Waals surface area contributed by atoms with E-state index in [-0.39, 0.29) is 10.6 Å². The number of carbonyl (C=O) groups is 1. The van der Waals surface area contributed by atoms with Crippen molar-refractivity contribution in [1.29, 1.82) is 0 Å². The fourth-order valence-corrected chi connectivity index (χ4v) is 2.64. The molecular weight excluding hydrogens is 321 g/mol. The highest BCUT2D eigenvalue weighted by Gasteiger charge is 2.16. The van der Waals surface area contributed by atoms with Gasteiger partial charge in [-0.05, 0) is 35.6 Å². The first-order valence-electron chi connectivity index (χ1n) is 6.49. The lowest BCUT2D eigenvalue weighted by Crippen LogP contribution is -2.28. The summed E-state index contributed by atoms with van der Waals surface area (Å²) in [5, 5.41) is 5.51. The highest BCUT2D eigenvalue weighted by Crippen LogP contribution is 2.25. The van der Waals surface area contributed by atoms with Crippen molar-refractivity contribution in [2.24, 2.45) is 0 Å². The fraction of sp³-hybridized carbons (Fsp3) is 0. The highest BCUT2D eigenvalue weighted by molar-refractivity contribution is 6.36. The monoisotopic (exact) mass is 331 g/mol. The summed E-state index contributed by atoms with van der Waals surface area (Å²) in [6.45, 7) is 3.95. The predicted molar refractivity (Wildman–Crippen MR) is 89.9 cm³/mol. The van der Waals surface area contributed by atoms with Crippen molar-refractivity contribution in [2.75, 3.05) is 5.32 Å². The number of fused-ring (bicyclic) bond motifs is 1. The maximum absolute atomic E-state index is 12.3. The van der Waals surface area contributed by atoms with Crippen LogP contribution in [0.25, 0.3) is 12.7 Å². The zero-order chi connectivity index (χ0) is 15.7. The summed E-state index contributed by atoms with van der Waals surface area (Å²) in [5.41, 5.74) is 0.960. The van der Waals surface area contributed by atoms with Crippen LogP contribution in [0.3, 0.4) is 0 Å². The molecule has 0 atom stereocenters. The number of allylic oxidation sites excluding steroid dienone is 1. The van der Waals surface area contributed by atoms with Crippen LogP contribution >= 0.6 is 23.2 Å². The van der Waals surface area contributed by atoms with E-state index in [1.807, 2.05) is 12.2 Å². The van der Waals surface area contributed by atoms with Gasteiger partial charge in [-0.2, -0.15) is 0 Å². The van der Waals surface area contributed by atoms with Crippen LogP contribution in [0.15, 0.2) is 42.6 Å². The molecule has 1 aliphatic rings. The number of nitrogens with one attached hydrogen (secondary N) is 1. The lowest BCUT2D eigenvalue weighted by atomic mass is 10.1. The minimum Gasteiger partial charge on any atom is -0.421 e. The van der Waals surface area contributed by atoms with E-state index in [9.17, 15) is 4.79 Å². The van der Waals surface area contributed by atoms with Crippen LogP contribution in [0.2, 0.25) is 10.0 Å². The number of benzene rings is 2. The summed E-state index contributed by atoms with van der Waals surface area (Å²) in [4.78, 5) is 12.3. The molecule has 0 saturated carbocycles. The van der Waals surface area contributed by atoms with Gasteiger partial charge in [-0.1, -0.05) is 41.9 Å². The van der Waals surface area contributed by atoms with Gasteiger partial charge in [0.15, 0.2) is 5.75 Å². The Bertz CT molecular complexity index is 904. The summed E-state index contributed by atoms with van der Waals surface area (Å²) in [6, 6.07) is 8.12. The molecular formula is C17H11Cl2NO2. The van der Waals surface area contributed by atoms with Crippen molar-refractivity contribution >= 4 is 47.5 Å². The lowest BCUT2D eigenvalue weighted by Gasteiger charge is -2.13. The number of rotatable bonds is 2. The molecule has 3 rings (SSSR count). The van der Waals surface area contributed by atoms with Gasteiger partial charge >= 0.3 is 5.97 Å². The van der Waals surface area contributed by atoms with E-state index in [1.165, 1.54) is 12.1 Å². The van der Waals surface area contributed by atoms with Gasteiger partial charge in [0, 0.05) is 16.4 Å². The summed E-state index contributed by atoms with van der Waals surface area (Å²) >= 11 is 11.9. The molecule has 0 fully saturated rings. The summed E-state index contributed by atoms with van der Waals surface area (Å²) < 4.78 is 5.46. The molecule has 1 heterocycles. The Labute approximate surface area is 137 Å². The van der Waals surface area contributed by atoms with Crippen molar-refractivity contribution < 1.29 is 9.53 Å². The molecule has 0 unspecified atom stereocenters. The Morgan fingerprint density at radius 3 is 2.77 bits per heavy atom. The second-order valence-electron chi connectivity index (χ2n) is 4.70. The molecule has 0 aromatic heterocycles. The van der Waals surface area contributed by atoms with Crippen LogP contribution in [-0.2, 0) is 0 Å². The van der Waals surface area contributed by atoms with E-state index in [0.717, 1.165) is 10.4 Å². The third-order valence-electron chi connectivity index (χ3n) is 3.24. The van der Waals surface area contributed by atoms with Gasteiger partial charge in [-0.3, -0.25) is 0 Å². The first-order valence-corrected chi connectivity index (χ1v) is 7.24. The second kappa shape index (κ2) is 5.87. The predicted octanol–water partition coefficient (Wildman–Crippen LogP) is 3.34. The Hall–Kier alpha value is -2.23. The Balaban J connectivity index is 1.98. The number of esters is 1. The van der Waals surface area contributed by atoms with Crippen molar-refractivity contribution in [3.8, 4) is 5.75 Å². The van der Waals surface area contributed by atoms with Crippen LogP contribution in [0.4, 0.5) is 5.69 Å². The van der Waals surface area contributed by atoms with Gasteiger partial charge in [0.2, 0.25) is 0 Å². The number of ether oxygens (including phenoxy) is 1. The third kappa shape index (κ3) is 2.73. The number of hydrogen-bond acceptors (Lipinski definition) is 3. The number of carbonyl (C=O) groups excluding carboxylic acids is 1. The lowest BCUT2D eigenvalue weighted by molar-refractivity contribution is 0.0736. The Morgan fingerprint density at radius 1 is 1.18 bits per heavy atom. The van der Waals surface area contributed by atoms with E-state index in [1.54, 1.807) is 24.4 Å². The van der Waals surface area contributed by atoms with Gasteiger partial charge in [0.1, 0.15) is 0 Å². The van der Waals surface area contributed by atoms with Crippen LogP contribution in [-0.4, -0.2) is 5.97 Å². The average molecular weight is 332 g/mol. The van der Waals surface area contributed by atoms with E-state index in [2.05, 4.69) is 11.9 Å². The van der Waals surface area contributed by atoms with Crippen molar-refractivity contribution in [3.63, 3.8) is 0 Å². The maximum Gasteiger partial charge on any atom is 0.345 e. The summed E-state index contributed by atoms with van der Waals surface area (Å²) in [7, 11) is 0. The molecule has 0 amide bonds. The van der Waals surface area contributed by atoms with Crippen molar-refractivity contribution in [3.05, 3.63) is 68.7 Å². The minimum atomic E-state index is -0.544. The first kappa shape index (κ1) is 14.7. The molecule has 1 aliphatic heterocycles. The quantitative estimate of drug-likeness (QED) is 0.677. The zero-order valence-corrected chi connectivity index (χ0v) is 12.9. The van der Waals surface area contributed by atoms with E-state index >= 15 is 0 Å². The van der Waals surface area contributed by atoms with Crippen molar-refractivity contribution in [1.82, 2.24) is 0 Å². The van der Waals surface area contributed by atoms with Gasteiger partial charge in [0.25, 0.3) is 0 Å². The SMILES string of the molecule is C=c1ccc(OC(=O)c2ccc(Cl)cc2Cl)c2c1=CC=CN2. The standard InChI is InChI=1S/C17H11Cl2NO2/c1-10-4-7-15(16-12(10)3-2-8-20-16)22-17(21)13-6-5-11(18)9-14(13)19/h2-9,20H,1H2. The molecule has 0 spiro atoms. The van der Waals surface area contributed by atoms with Crippen LogP contribution in [0.1, 0.15) is 10.4 Å². The van der Waals surface area contributed by atoms with E-state index in [0.29, 0.717) is 16.5 Å². The van der Waals surface area contributed by atoms with Crippen LogP contribution in [0.5, 0.6) is 5.75 Å². The third-order valence-corrected chi connectivity index (χ3v) is 3.79. The Kier molecular flexibility index (Phi) is 3.92. The van der Waals surface area contributed by atoms with Gasteiger partial charge in [-0.15, -0.1) is 0 Å². The van der Waals surface area contributed by atoms with Crippen LogP contribution < -0.4 is 20.5 Å². The minimum absolute atomic E-state index is 0.250. The summed E-state index contributed by atoms with van der Waals surface area (Å²) in [6.07, 6.45) is 5.52. The molecule has 0 bridgehead atoms. The maximum atomic E-state index is 12.3. The molecule has 0 radical (unpaired) electrons. The van der Waals surface area contributed by atoms with Gasteiger partial charge in [-0.25, -0.2) is 4.79 Å². The fourth-order valence-electron chi connectivity index (χ4n) is 2.15. The number of hydrogen-bond donors (Lipinski definition) is 1. The molecule has 110 valence electrons. The number of anilines is 1. The zero-order valence-electron chi connectivity index (χ0n) is 11.4. The normalized spacial score (nSPS) is 12.1. The molecule has 2 aromatic carbocycles. The average Bonchev–Trinajstić information content (AvgIpc) is 2.50. The smallest absolute Gasteiger partial charge is 0.345 e. The topological polar surface area (TPSA) is 38.3 Å². The molecule has 5 heteroatoms. The highest BCUT2D eigenvalue weighted by atomic mass is 35.5. The second-order valence-corrected chi connectivity index (χ2v) is 5.54. The molecule has 22 heavy (non-hydrogen) atoms. The summed E-state index contributed by atoms with van der Waals surface area (Å²) in [5.74, 6) is -0.129. The van der Waals surface area contributed by atoms with Gasteiger partial charge in [0.05, 0.1) is 16.3 Å². The molecule has 1 N–H and O–H groups in total. The molecule has 0 aliphatic carbocycles. The van der Waals surface area contributed by atoms with E-state index in [4.69, 9.17) is 27.9 Å². The molecule has 2 aromatic rings. The first-order chi connectivity index (χ1) is 10.6.